The second-order valence-electron chi connectivity index (χ2n) is 5.58. The maximum absolute atomic E-state index is 12.1. The van der Waals surface area contributed by atoms with E-state index in [1.807, 2.05) is 4.90 Å². The molecular weight excluding hydrogens is 274 g/mol. The molecule has 2 unspecified atom stereocenters. The fourth-order valence-corrected chi connectivity index (χ4v) is 2.59. The average Bonchev–Trinajstić information content (AvgIpc) is 2.87. The Balaban J connectivity index is 1.77. The highest BCUT2D eigenvalue weighted by atomic mass is 16.4. The Bertz CT molecular complexity index is 516. The zero-order chi connectivity index (χ0) is 15.4. The molecule has 1 aliphatic rings. The number of carboxylic acid groups (broad SMARTS) is 1. The molecule has 2 amide bonds. The first-order valence-corrected chi connectivity index (χ1v) is 7.15. The fraction of sp³-hybridized carbons (Fsp3) is 0.692. The molecule has 0 saturated carbocycles. The molecule has 8 heteroatoms. The summed E-state index contributed by atoms with van der Waals surface area (Å²) in [5.74, 6) is -0.449. The molecule has 0 radical (unpaired) electrons. The number of aromatic carboxylic acids is 1. The van der Waals surface area contributed by atoms with Crippen molar-refractivity contribution in [3.8, 4) is 0 Å². The van der Waals surface area contributed by atoms with Gasteiger partial charge in [-0.2, -0.15) is 0 Å². The zero-order valence-corrected chi connectivity index (χ0v) is 12.3. The van der Waals surface area contributed by atoms with E-state index in [2.05, 4.69) is 29.5 Å². The molecule has 8 nitrogen and oxygen atoms in total. The van der Waals surface area contributed by atoms with E-state index in [9.17, 15) is 9.59 Å². The van der Waals surface area contributed by atoms with Crippen LogP contribution >= 0.6 is 0 Å². The molecule has 2 atom stereocenters. The van der Waals surface area contributed by atoms with Crippen molar-refractivity contribution >= 4 is 12.0 Å². The van der Waals surface area contributed by atoms with Gasteiger partial charge in [-0.05, 0) is 25.7 Å². The first-order chi connectivity index (χ1) is 9.97. The van der Waals surface area contributed by atoms with E-state index in [-0.39, 0.29) is 17.8 Å². The number of rotatable bonds is 4. The number of urea groups is 1. The summed E-state index contributed by atoms with van der Waals surface area (Å²) in [6.45, 7) is 5.83. The van der Waals surface area contributed by atoms with Crippen molar-refractivity contribution in [2.24, 2.45) is 5.92 Å². The molecule has 1 fully saturated rings. The van der Waals surface area contributed by atoms with Gasteiger partial charge in [0.1, 0.15) is 0 Å². The Morgan fingerprint density at radius 1 is 1.48 bits per heavy atom. The number of carbonyl (C=O) groups is 2. The average molecular weight is 295 g/mol. The summed E-state index contributed by atoms with van der Waals surface area (Å²) in [4.78, 5) is 24.6. The molecule has 2 N–H and O–H groups in total. The third-order valence-corrected chi connectivity index (χ3v) is 3.77. The summed E-state index contributed by atoms with van der Waals surface area (Å²) >= 11 is 0. The zero-order valence-electron chi connectivity index (χ0n) is 12.3. The number of hydrogen-bond donors (Lipinski definition) is 2. The first-order valence-electron chi connectivity index (χ1n) is 7.15. The highest BCUT2D eigenvalue weighted by Gasteiger charge is 2.26. The molecular formula is C13H21N5O3. The Morgan fingerprint density at radius 3 is 2.86 bits per heavy atom. The van der Waals surface area contributed by atoms with Gasteiger partial charge in [-0.15, -0.1) is 5.10 Å². The lowest BCUT2D eigenvalue weighted by Gasteiger charge is -2.36. The van der Waals surface area contributed by atoms with Crippen LogP contribution in [-0.4, -0.2) is 56.1 Å². The van der Waals surface area contributed by atoms with Crippen LogP contribution in [0, 0.1) is 5.92 Å². The van der Waals surface area contributed by atoms with Crippen molar-refractivity contribution in [3.63, 3.8) is 0 Å². The van der Waals surface area contributed by atoms with Gasteiger partial charge in [0, 0.05) is 19.1 Å². The molecule has 0 aliphatic carbocycles. The predicted molar refractivity (Wildman–Crippen MR) is 74.9 cm³/mol. The maximum Gasteiger partial charge on any atom is 0.358 e. The van der Waals surface area contributed by atoms with Gasteiger partial charge in [-0.25, -0.2) is 14.3 Å². The summed E-state index contributed by atoms with van der Waals surface area (Å²) in [6.07, 6.45) is 3.40. The number of hydrogen-bond acceptors (Lipinski definition) is 4. The Hall–Kier alpha value is -2.12. The highest BCUT2D eigenvalue weighted by molar-refractivity contribution is 5.84. The minimum atomic E-state index is -1.11. The maximum atomic E-state index is 12.1. The van der Waals surface area contributed by atoms with E-state index in [1.54, 1.807) is 0 Å². The van der Waals surface area contributed by atoms with Crippen molar-refractivity contribution in [1.29, 1.82) is 0 Å². The van der Waals surface area contributed by atoms with Crippen LogP contribution in [0.3, 0.4) is 0 Å². The molecule has 21 heavy (non-hydrogen) atoms. The molecule has 2 rings (SSSR count). The van der Waals surface area contributed by atoms with Gasteiger partial charge < -0.3 is 15.3 Å². The predicted octanol–water partition coefficient (Wildman–Crippen LogP) is 0.806. The van der Waals surface area contributed by atoms with Crippen LogP contribution in [-0.2, 0) is 6.54 Å². The van der Waals surface area contributed by atoms with Crippen molar-refractivity contribution in [2.75, 3.05) is 13.1 Å². The molecule has 2 heterocycles. The van der Waals surface area contributed by atoms with Gasteiger partial charge in [-0.1, -0.05) is 12.1 Å². The summed E-state index contributed by atoms with van der Waals surface area (Å²) in [5.41, 5.74) is -0.0973. The molecule has 0 bridgehead atoms. The highest BCUT2D eigenvalue weighted by Crippen LogP contribution is 2.21. The van der Waals surface area contributed by atoms with Crippen LogP contribution < -0.4 is 5.32 Å². The molecule has 1 saturated heterocycles. The minimum absolute atomic E-state index is 0.0760. The van der Waals surface area contributed by atoms with Crippen molar-refractivity contribution in [2.45, 2.75) is 39.3 Å². The molecule has 1 aromatic heterocycles. The van der Waals surface area contributed by atoms with Crippen LogP contribution in [0.2, 0.25) is 0 Å². The van der Waals surface area contributed by atoms with Gasteiger partial charge in [0.05, 0.1) is 12.7 Å². The first kappa shape index (κ1) is 15.3. The number of likely N-dealkylation sites (tertiary alicyclic amines) is 1. The number of nitrogens with one attached hydrogen (secondary N) is 1. The molecule has 1 aromatic rings. The summed E-state index contributed by atoms with van der Waals surface area (Å²) in [5, 5.41) is 18.8. The van der Waals surface area contributed by atoms with Crippen molar-refractivity contribution in [1.82, 2.24) is 25.2 Å². The second-order valence-corrected chi connectivity index (χ2v) is 5.58. The summed E-state index contributed by atoms with van der Waals surface area (Å²) in [7, 11) is 0. The van der Waals surface area contributed by atoms with Crippen molar-refractivity contribution < 1.29 is 14.7 Å². The van der Waals surface area contributed by atoms with E-state index in [0.29, 0.717) is 19.0 Å². The van der Waals surface area contributed by atoms with Crippen LogP contribution in [0.1, 0.15) is 37.2 Å². The monoisotopic (exact) mass is 295 g/mol. The summed E-state index contributed by atoms with van der Waals surface area (Å²) < 4.78 is 1.41. The molecule has 0 aromatic carbocycles. The normalized spacial score (nSPS) is 22.1. The Kier molecular flexibility index (Phi) is 4.77. The van der Waals surface area contributed by atoms with Gasteiger partial charge in [-0.3, -0.25) is 0 Å². The fourth-order valence-electron chi connectivity index (χ4n) is 2.59. The Labute approximate surface area is 123 Å². The Morgan fingerprint density at radius 2 is 2.24 bits per heavy atom. The lowest BCUT2D eigenvalue weighted by Crippen LogP contribution is -2.49. The van der Waals surface area contributed by atoms with Gasteiger partial charge in [0.2, 0.25) is 0 Å². The largest absolute Gasteiger partial charge is 0.476 e. The van der Waals surface area contributed by atoms with E-state index < -0.39 is 5.97 Å². The lowest BCUT2D eigenvalue weighted by atomic mass is 9.94. The second kappa shape index (κ2) is 6.55. The van der Waals surface area contributed by atoms with Crippen LogP contribution in [0.4, 0.5) is 4.79 Å². The van der Waals surface area contributed by atoms with E-state index in [1.165, 1.54) is 10.9 Å². The lowest BCUT2D eigenvalue weighted by molar-refractivity contribution is 0.0690. The SMILES string of the molecule is CC1CCN(C(=O)NCCn2cc(C(=O)O)nn2)C(C)C1. The van der Waals surface area contributed by atoms with Gasteiger partial charge in [0.15, 0.2) is 5.69 Å². The van der Waals surface area contributed by atoms with E-state index in [4.69, 9.17) is 5.11 Å². The topological polar surface area (TPSA) is 100 Å². The van der Waals surface area contributed by atoms with Gasteiger partial charge in [0.25, 0.3) is 0 Å². The van der Waals surface area contributed by atoms with Gasteiger partial charge >= 0.3 is 12.0 Å². The summed E-state index contributed by atoms with van der Waals surface area (Å²) in [6, 6.07) is 0.173. The van der Waals surface area contributed by atoms with Crippen LogP contribution in [0.5, 0.6) is 0 Å². The number of carboxylic acids is 1. The molecule has 1 aliphatic heterocycles. The number of carbonyl (C=O) groups excluding carboxylic acids is 1. The number of nitrogens with zero attached hydrogens (tertiary/aromatic N) is 4. The number of amides is 2. The number of piperidine rings is 1. The van der Waals surface area contributed by atoms with E-state index >= 15 is 0 Å². The smallest absolute Gasteiger partial charge is 0.358 e. The third kappa shape index (κ3) is 3.93. The quantitative estimate of drug-likeness (QED) is 0.856. The molecule has 116 valence electrons. The number of aromatic nitrogens is 3. The third-order valence-electron chi connectivity index (χ3n) is 3.77. The van der Waals surface area contributed by atoms with Crippen LogP contribution in [0.25, 0.3) is 0 Å². The molecule has 0 spiro atoms. The standard InChI is InChI=1S/C13H21N5O3/c1-9-3-5-18(10(2)7-9)13(21)14-4-6-17-8-11(12(19)20)15-16-17/h8-10H,3-7H2,1-2H3,(H,14,21)(H,19,20). The van der Waals surface area contributed by atoms with Crippen molar-refractivity contribution in [3.05, 3.63) is 11.9 Å². The minimum Gasteiger partial charge on any atom is -0.476 e. The van der Waals surface area contributed by atoms with Crippen LogP contribution in [0.15, 0.2) is 6.20 Å². The van der Waals surface area contributed by atoms with E-state index in [0.717, 1.165) is 19.4 Å².